The maximum absolute atomic E-state index is 13.2. The lowest BCUT2D eigenvalue weighted by Crippen LogP contribution is -2.56. The predicted octanol–water partition coefficient (Wildman–Crippen LogP) is 9.48. The van der Waals surface area contributed by atoms with Crippen LogP contribution in [0.4, 0.5) is 0 Å². The number of nitriles is 1. The first-order valence-corrected chi connectivity index (χ1v) is 17.6. The molecule has 0 aliphatic heterocycles. The molecule has 4 aromatic carbocycles. The highest BCUT2D eigenvalue weighted by Crippen LogP contribution is 2.68. The number of carbonyl (C=O) groups excluding carboxylic acids is 3. The van der Waals surface area contributed by atoms with E-state index in [1.807, 2.05) is 90.1 Å². The number of hydrazine groups is 1. The van der Waals surface area contributed by atoms with Gasteiger partial charge in [-0.3, -0.25) is 19.8 Å². The van der Waals surface area contributed by atoms with E-state index in [0.717, 1.165) is 16.7 Å². The fourth-order valence-electron chi connectivity index (χ4n) is 6.50. The van der Waals surface area contributed by atoms with Crippen molar-refractivity contribution in [3.8, 4) is 23.3 Å². The van der Waals surface area contributed by atoms with Gasteiger partial charge in [0.1, 0.15) is 23.3 Å². The number of esters is 1. The Kier molecular flexibility index (Phi) is 12.1. The molecule has 1 N–H and O–H groups in total. The fourth-order valence-corrected chi connectivity index (χ4v) is 6.50. The van der Waals surface area contributed by atoms with Crippen LogP contribution in [0.15, 0.2) is 91.0 Å². The first-order chi connectivity index (χ1) is 24.8. The largest absolute Gasteiger partial charge is 0.496 e. The van der Waals surface area contributed by atoms with Gasteiger partial charge in [-0.2, -0.15) is 5.26 Å². The number of methoxy groups -OCH3 is 1. The topological polar surface area (TPSA) is 118 Å². The third-order valence-corrected chi connectivity index (χ3v) is 10.1. The summed E-state index contributed by atoms with van der Waals surface area (Å²) in [6.07, 6.45) is -0.950. The van der Waals surface area contributed by atoms with Crippen LogP contribution in [-0.2, 0) is 9.53 Å². The Morgan fingerprint density at radius 2 is 1.40 bits per heavy atom. The molecule has 0 heterocycles. The van der Waals surface area contributed by atoms with E-state index in [1.165, 1.54) is 5.01 Å². The molecule has 53 heavy (non-hydrogen) atoms. The number of ether oxygens (including phenoxy) is 3. The van der Waals surface area contributed by atoms with Gasteiger partial charge in [0.05, 0.1) is 18.6 Å². The average Bonchev–Trinajstić information content (AvgIpc) is 3.52. The van der Waals surface area contributed by atoms with Crippen LogP contribution in [0.2, 0.25) is 0 Å². The minimum atomic E-state index is -0.950. The number of hydrogen-bond donors (Lipinski definition) is 1. The Labute approximate surface area is 313 Å². The van der Waals surface area contributed by atoms with Gasteiger partial charge in [-0.15, -0.1) is 0 Å². The third-order valence-electron chi connectivity index (χ3n) is 10.1. The fraction of sp³-hybridized carbons (Fsp3) is 0.364. The zero-order valence-corrected chi connectivity index (χ0v) is 32.7. The van der Waals surface area contributed by atoms with E-state index in [0.29, 0.717) is 33.9 Å². The van der Waals surface area contributed by atoms with Crippen LogP contribution in [0.25, 0.3) is 0 Å². The van der Waals surface area contributed by atoms with E-state index < -0.39 is 11.6 Å². The number of nitrogens with zero attached hydrogens (tertiary/aromatic N) is 2. The Morgan fingerprint density at radius 3 is 1.94 bits per heavy atom. The Morgan fingerprint density at radius 1 is 0.811 bits per heavy atom. The molecular formula is C44H51N3O6. The van der Waals surface area contributed by atoms with Gasteiger partial charge in [-0.25, -0.2) is 5.01 Å². The van der Waals surface area contributed by atoms with Gasteiger partial charge in [-0.1, -0.05) is 81.3 Å². The molecule has 0 aromatic heterocycles. The second-order valence-corrected chi connectivity index (χ2v) is 15.6. The van der Waals surface area contributed by atoms with E-state index in [4.69, 9.17) is 14.2 Å². The molecule has 9 heteroatoms. The second-order valence-electron chi connectivity index (χ2n) is 15.6. The van der Waals surface area contributed by atoms with Crippen LogP contribution in [0.3, 0.4) is 0 Å². The van der Waals surface area contributed by atoms with E-state index in [2.05, 4.69) is 39.2 Å². The third kappa shape index (κ3) is 9.25. The zero-order valence-electron chi connectivity index (χ0n) is 32.7. The van der Waals surface area contributed by atoms with Crippen LogP contribution >= 0.6 is 0 Å². The molecule has 0 spiro atoms. The molecule has 2 amide bonds. The van der Waals surface area contributed by atoms with E-state index in [-0.39, 0.29) is 34.5 Å². The van der Waals surface area contributed by atoms with Crippen LogP contribution in [0, 0.1) is 48.9 Å². The highest BCUT2D eigenvalue weighted by molar-refractivity contribution is 6.00. The summed E-state index contributed by atoms with van der Waals surface area (Å²) < 4.78 is 16.6. The quantitative estimate of drug-likeness (QED) is 0.143. The minimum Gasteiger partial charge on any atom is -0.496 e. The molecule has 1 saturated carbocycles. The highest BCUT2D eigenvalue weighted by Gasteiger charge is 2.69. The molecule has 5 rings (SSSR count). The Hall–Kier alpha value is -5.62. The van der Waals surface area contributed by atoms with Crippen molar-refractivity contribution in [3.05, 3.63) is 124 Å². The number of nitrogens with one attached hydrogen (secondary N) is 1. The molecule has 9 nitrogen and oxygen atoms in total. The summed E-state index contributed by atoms with van der Waals surface area (Å²) in [7, 11) is 1.56. The summed E-state index contributed by atoms with van der Waals surface area (Å²) in [5.74, 6) is 0.817. The standard InChI is InChI=1S/C22H28N2O3.C22H23NO3/c1-14-11-15(2)13-17(12-14)21(26)24(22(4,5)6)23-20(25)18-9-8-10-19(27-7)16(18)3;1-21(2)19(22(21,3)4)20(24)26-18(14-23)15-9-8-12-17(13-15)25-16-10-6-5-7-11-16/h8-13H,1-7H3,(H,23,25);5-13,18-19H,1-4H3. The smallest absolute Gasteiger partial charge is 0.311 e. The lowest BCUT2D eigenvalue weighted by Gasteiger charge is -2.35. The predicted molar refractivity (Wildman–Crippen MR) is 205 cm³/mol. The summed E-state index contributed by atoms with van der Waals surface area (Å²) in [6.45, 7) is 19.6. The number of hydrogen-bond acceptors (Lipinski definition) is 7. The van der Waals surface area contributed by atoms with E-state index in [9.17, 15) is 19.6 Å². The van der Waals surface area contributed by atoms with Crippen molar-refractivity contribution in [2.45, 2.75) is 80.9 Å². The number of amides is 2. The van der Waals surface area contributed by atoms with Crippen molar-refractivity contribution < 1.29 is 28.6 Å². The van der Waals surface area contributed by atoms with Gasteiger partial charge < -0.3 is 14.2 Å². The van der Waals surface area contributed by atoms with E-state index >= 15 is 0 Å². The van der Waals surface area contributed by atoms with Crippen LogP contribution < -0.4 is 14.9 Å². The molecule has 1 fully saturated rings. The number of benzene rings is 4. The van der Waals surface area contributed by atoms with Crippen molar-refractivity contribution in [1.82, 2.24) is 10.4 Å². The second kappa shape index (κ2) is 16.0. The maximum Gasteiger partial charge on any atom is 0.311 e. The highest BCUT2D eigenvalue weighted by atomic mass is 16.5. The van der Waals surface area contributed by atoms with Crippen molar-refractivity contribution in [2.24, 2.45) is 16.7 Å². The van der Waals surface area contributed by atoms with Gasteiger partial charge in [0.25, 0.3) is 11.8 Å². The number of carbonyl (C=O) groups is 3. The van der Waals surface area contributed by atoms with Crippen LogP contribution in [-0.4, -0.2) is 35.4 Å². The SMILES string of the molecule is CC1(C)C(C(=O)OC(C#N)c2cccc(Oc3ccccc3)c2)C1(C)C.COc1cccc(C(=O)NN(C(=O)c2cc(C)cc(C)c2)C(C)(C)C)c1C. The molecule has 0 saturated heterocycles. The lowest BCUT2D eigenvalue weighted by molar-refractivity contribution is -0.150. The molecular weight excluding hydrogens is 666 g/mol. The molecule has 4 aromatic rings. The molecule has 1 aliphatic rings. The molecule has 1 aliphatic carbocycles. The Bertz CT molecular complexity index is 1970. The van der Waals surface area contributed by atoms with Crippen LogP contribution in [0.5, 0.6) is 17.2 Å². The Balaban J connectivity index is 0.000000237. The van der Waals surface area contributed by atoms with Crippen LogP contribution in [0.1, 0.15) is 97.5 Å². The molecule has 1 unspecified atom stereocenters. The number of rotatable bonds is 8. The minimum absolute atomic E-state index is 0.123. The summed E-state index contributed by atoms with van der Waals surface area (Å²) in [5.41, 5.74) is 6.30. The lowest BCUT2D eigenvalue weighted by atomic mass is 10.0. The van der Waals surface area contributed by atoms with Crippen molar-refractivity contribution >= 4 is 17.8 Å². The van der Waals surface area contributed by atoms with Crippen molar-refractivity contribution in [3.63, 3.8) is 0 Å². The van der Waals surface area contributed by atoms with Gasteiger partial charge in [-0.05, 0) is 101 Å². The first kappa shape index (κ1) is 40.2. The zero-order chi connectivity index (χ0) is 39.3. The van der Waals surface area contributed by atoms with E-state index in [1.54, 1.807) is 49.6 Å². The summed E-state index contributed by atoms with van der Waals surface area (Å²) in [4.78, 5) is 38.6. The van der Waals surface area contributed by atoms with Gasteiger partial charge in [0.2, 0.25) is 6.10 Å². The first-order valence-electron chi connectivity index (χ1n) is 17.6. The number of para-hydroxylation sites is 1. The van der Waals surface area contributed by atoms with Crippen molar-refractivity contribution in [1.29, 1.82) is 5.26 Å². The number of aryl methyl sites for hydroxylation is 2. The molecule has 0 radical (unpaired) electrons. The summed E-state index contributed by atoms with van der Waals surface area (Å²) >= 11 is 0. The molecule has 1 atom stereocenters. The molecule has 278 valence electrons. The van der Waals surface area contributed by atoms with Crippen molar-refractivity contribution in [2.75, 3.05) is 7.11 Å². The maximum atomic E-state index is 13.2. The molecule has 0 bridgehead atoms. The van der Waals surface area contributed by atoms with Gasteiger partial charge in [0, 0.05) is 22.3 Å². The normalized spacial score (nSPS) is 14.7. The summed E-state index contributed by atoms with van der Waals surface area (Å²) in [5, 5.41) is 10.9. The average molecular weight is 718 g/mol. The van der Waals surface area contributed by atoms with Gasteiger partial charge in [0.15, 0.2) is 0 Å². The summed E-state index contributed by atoms with van der Waals surface area (Å²) in [6, 6.07) is 29.5. The van der Waals surface area contributed by atoms with Gasteiger partial charge >= 0.3 is 5.97 Å². The monoisotopic (exact) mass is 717 g/mol.